The highest BCUT2D eigenvalue weighted by Gasteiger charge is 2.11. The Hall–Kier alpha value is -1.62. The third-order valence-electron chi connectivity index (χ3n) is 2.72. The minimum atomic E-state index is -0.146. The highest BCUT2D eigenvalue weighted by atomic mass is 79.9. The summed E-state index contributed by atoms with van der Waals surface area (Å²) in [6.07, 6.45) is 2.48. The van der Waals surface area contributed by atoms with Crippen LogP contribution in [-0.4, -0.2) is 10.9 Å². The molecule has 1 aromatic carbocycles. The van der Waals surface area contributed by atoms with Crippen LogP contribution in [0.2, 0.25) is 0 Å². The van der Waals surface area contributed by atoms with Crippen LogP contribution in [0.5, 0.6) is 0 Å². The zero-order valence-corrected chi connectivity index (χ0v) is 12.5. The fraction of sp³-hybridized carbons (Fsp3) is 0.286. The van der Waals surface area contributed by atoms with Crippen LogP contribution in [0.25, 0.3) is 0 Å². The Labute approximate surface area is 120 Å². The van der Waals surface area contributed by atoms with Gasteiger partial charge in [-0.1, -0.05) is 18.6 Å². The molecule has 1 amide bonds. The van der Waals surface area contributed by atoms with E-state index in [1.54, 1.807) is 6.20 Å². The topological polar surface area (TPSA) is 55.1 Å². The van der Waals surface area contributed by atoms with Crippen molar-refractivity contribution in [3.8, 4) is 0 Å². The Morgan fingerprint density at radius 2 is 2.26 bits per heavy atom. The summed E-state index contributed by atoms with van der Waals surface area (Å²) in [4.78, 5) is 16.2. The van der Waals surface area contributed by atoms with Gasteiger partial charge in [-0.3, -0.25) is 4.79 Å². The van der Waals surface area contributed by atoms with Crippen LogP contribution in [0.3, 0.4) is 0 Å². The second kappa shape index (κ2) is 6.02. The summed E-state index contributed by atoms with van der Waals surface area (Å²) >= 11 is 3.37. The van der Waals surface area contributed by atoms with Crippen molar-refractivity contribution in [3.05, 3.63) is 51.6 Å². The van der Waals surface area contributed by atoms with Crippen molar-refractivity contribution in [2.75, 3.05) is 0 Å². The maximum atomic E-state index is 12.1. The van der Waals surface area contributed by atoms with E-state index in [9.17, 15) is 4.79 Å². The maximum Gasteiger partial charge on any atom is 0.252 e. The summed E-state index contributed by atoms with van der Waals surface area (Å²) in [5.74, 6) is 1.20. The number of nitrogens with one attached hydrogen (secondary N) is 1. The van der Waals surface area contributed by atoms with Crippen LogP contribution < -0.4 is 5.32 Å². The van der Waals surface area contributed by atoms with Gasteiger partial charge in [-0.2, -0.15) is 0 Å². The van der Waals surface area contributed by atoms with E-state index < -0.39 is 0 Å². The van der Waals surface area contributed by atoms with E-state index in [2.05, 4.69) is 26.2 Å². The number of hydrogen-bond acceptors (Lipinski definition) is 3. The van der Waals surface area contributed by atoms with Gasteiger partial charge in [-0.25, -0.2) is 4.98 Å². The Balaban J connectivity index is 2.03. The summed E-state index contributed by atoms with van der Waals surface area (Å²) in [5.41, 5.74) is 1.65. The quantitative estimate of drug-likeness (QED) is 0.940. The van der Waals surface area contributed by atoms with Crippen LogP contribution in [-0.2, 0) is 13.0 Å². The molecule has 1 N–H and O–H groups in total. The Morgan fingerprint density at radius 1 is 1.47 bits per heavy atom. The van der Waals surface area contributed by atoms with E-state index in [-0.39, 0.29) is 5.91 Å². The molecule has 0 spiro atoms. The number of halogens is 1. The van der Waals surface area contributed by atoms with Gasteiger partial charge in [0.05, 0.1) is 18.3 Å². The number of carbonyl (C=O) groups excluding carboxylic acids is 1. The van der Waals surface area contributed by atoms with E-state index in [1.807, 2.05) is 32.0 Å². The highest BCUT2D eigenvalue weighted by Crippen LogP contribution is 2.18. The van der Waals surface area contributed by atoms with Gasteiger partial charge in [0, 0.05) is 10.9 Å². The predicted octanol–water partition coefficient (Wildman–Crippen LogP) is 3.24. The summed E-state index contributed by atoms with van der Waals surface area (Å²) in [6, 6.07) is 5.65. The van der Waals surface area contributed by atoms with Gasteiger partial charge >= 0.3 is 0 Å². The molecule has 2 aromatic rings. The summed E-state index contributed by atoms with van der Waals surface area (Å²) in [7, 11) is 0. The van der Waals surface area contributed by atoms with Crippen LogP contribution >= 0.6 is 15.9 Å². The van der Waals surface area contributed by atoms with Gasteiger partial charge in [0.1, 0.15) is 5.76 Å². The van der Waals surface area contributed by atoms with Crippen LogP contribution in [0.1, 0.15) is 34.5 Å². The van der Waals surface area contributed by atoms with Gasteiger partial charge in [0.2, 0.25) is 5.89 Å². The molecule has 19 heavy (non-hydrogen) atoms. The molecule has 1 aromatic heterocycles. The van der Waals surface area contributed by atoms with Crippen molar-refractivity contribution in [3.63, 3.8) is 0 Å². The molecule has 2 rings (SSSR count). The van der Waals surface area contributed by atoms with E-state index in [0.29, 0.717) is 18.0 Å². The first-order valence-electron chi connectivity index (χ1n) is 6.08. The first-order valence-corrected chi connectivity index (χ1v) is 6.87. The second-order valence-corrected chi connectivity index (χ2v) is 5.09. The fourth-order valence-corrected chi connectivity index (χ4v) is 2.08. The Morgan fingerprint density at radius 3 is 2.95 bits per heavy atom. The number of oxazole rings is 1. The van der Waals surface area contributed by atoms with Crippen LogP contribution in [0, 0.1) is 6.92 Å². The molecule has 0 saturated heterocycles. The van der Waals surface area contributed by atoms with Crippen molar-refractivity contribution in [2.24, 2.45) is 0 Å². The molecule has 1 heterocycles. The van der Waals surface area contributed by atoms with Gasteiger partial charge in [0.15, 0.2) is 0 Å². The van der Waals surface area contributed by atoms with Gasteiger partial charge in [0.25, 0.3) is 5.91 Å². The van der Waals surface area contributed by atoms with Crippen molar-refractivity contribution >= 4 is 21.8 Å². The summed E-state index contributed by atoms with van der Waals surface area (Å²) in [5, 5.41) is 2.80. The SMILES string of the molecule is CCc1cnc(CNC(=O)c2cc(C)ccc2Br)o1. The lowest BCUT2D eigenvalue weighted by Gasteiger charge is -2.06. The van der Waals surface area contributed by atoms with Gasteiger partial charge in [-0.15, -0.1) is 0 Å². The van der Waals surface area contributed by atoms with Gasteiger partial charge in [-0.05, 0) is 35.0 Å². The van der Waals surface area contributed by atoms with E-state index in [4.69, 9.17) is 4.42 Å². The standard InChI is InChI=1S/C14H15BrN2O2/c1-3-10-7-16-13(19-10)8-17-14(18)11-6-9(2)4-5-12(11)15/h4-7H,3,8H2,1-2H3,(H,17,18). The molecule has 0 radical (unpaired) electrons. The molecule has 0 atom stereocenters. The lowest BCUT2D eigenvalue weighted by molar-refractivity contribution is 0.0946. The Bertz CT molecular complexity index is 593. The van der Waals surface area contributed by atoms with Gasteiger partial charge < -0.3 is 9.73 Å². The molecule has 0 fully saturated rings. The minimum absolute atomic E-state index is 0.146. The molecule has 0 aliphatic heterocycles. The summed E-state index contributed by atoms with van der Waals surface area (Å²) in [6.45, 7) is 4.23. The summed E-state index contributed by atoms with van der Waals surface area (Å²) < 4.78 is 6.21. The van der Waals surface area contributed by atoms with Crippen LogP contribution in [0.15, 0.2) is 33.3 Å². The molecular weight excluding hydrogens is 308 g/mol. The molecule has 100 valence electrons. The van der Waals surface area contributed by atoms with E-state index in [1.165, 1.54) is 0 Å². The minimum Gasteiger partial charge on any atom is -0.444 e. The molecule has 4 nitrogen and oxygen atoms in total. The third-order valence-corrected chi connectivity index (χ3v) is 3.41. The highest BCUT2D eigenvalue weighted by molar-refractivity contribution is 9.10. The molecule has 0 saturated carbocycles. The molecule has 0 unspecified atom stereocenters. The largest absolute Gasteiger partial charge is 0.444 e. The van der Waals surface area contributed by atoms with Crippen molar-refractivity contribution < 1.29 is 9.21 Å². The zero-order chi connectivity index (χ0) is 13.8. The number of nitrogens with zero attached hydrogens (tertiary/aromatic N) is 1. The first kappa shape index (κ1) is 13.8. The molecule has 0 aliphatic carbocycles. The van der Waals surface area contributed by atoms with E-state index in [0.717, 1.165) is 22.2 Å². The van der Waals surface area contributed by atoms with E-state index >= 15 is 0 Å². The Kier molecular flexibility index (Phi) is 4.37. The van der Waals surface area contributed by atoms with Crippen molar-refractivity contribution in [1.29, 1.82) is 0 Å². The zero-order valence-electron chi connectivity index (χ0n) is 10.9. The third kappa shape index (κ3) is 3.44. The predicted molar refractivity (Wildman–Crippen MR) is 75.9 cm³/mol. The van der Waals surface area contributed by atoms with Crippen molar-refractivity contribution in [2.45, 2.75) is 26.8 Å². The first-order chi connectivity index (χ1) is 9.10. The molecule has 5 heteroatoms. The lowest BCUT2D eigenvalue weighted by Crippen LogP contribution is -2.23. The van der Waals surface area contributed by atoms with Crippen molar-refractivity contribution in [1.82, 2.24) is 10.3 Å². The monoisotopic (exact) mass is 322 g/mol. The normalized spacial score (nSPS) is 10.5. The average Bonchev–Trinajstić information content (AvgIpc) is 2.87. The number of rotatable bonds is 4. The average molecular weight is 323 g/mol. The molecule has 0 aliphatic rings. The molecular formula is C14H15BrN2O2. The number of aromatic nitrogens is 1. The maximum absolute atomic E-state index is 12.1. The number of benzene rings is 1. The smallest absolute Gasteiger partial charge is 0.252 e. The number of hydrogen-bond donors (Lipinski definition) is 1. The second-order valence-electron chi connectivity index (χ2n) is 4.24. The van der Waals surface area contributed by atoms with Crippen LogP contribution in [0.4, 0.5) is 0 Å². The number of carbonyl (C=O) groups is 1. The lowest BCUT2D eigenvalue weighted by atomic mass is 10.1. The molecule has 0 bridgehead atoms. The number of amides is 1. The number of aryl methyl sites for hydroxylation is 2. The fourth-order valence-electron chi connectivity index (χ4n) is 1.66.